The third-order valence-corrected chi connectivity index (χ3v) is 4.20. The van der Waals surface area contributed by atoms with Crippen LogP contribution in [0.15, 0.2) is 0 Å². The van der Waals surface area contributed by atoms with Gasteiger partial charge in [0.05, 0.1) is 5.75 Å². The van der Waals surface area contributed by atoms with Gasteiger partial charge in [-0.15, -0.1) is 0 Å². The lowest BCUT2D eigenvalue weighted by molar-refractivity contribution is 0.282. The van der Waals surface area contributed by atoms with E-state index in [9.17, 15) is 8.42 Å². The third kappa shape index (κ3) is 5.25. The predicted molar refractivity (Wildman–Crippen MR) is 66.0 cm³/mol. The maximum absolute atomic E-state index is 11.5. The fourth-order valence-corrected chi connectivity index (χ4v) is 2.71. The van der Waals surface area contributed by atoms with Gasteiger partial charge in [0.25, 0.3) is 0 Å². The molecule has 0 aromatic heterocycles. The predicted octanol–water partition coefficient (Wildman–Crippen LogP) is -0.390. The first-order chi connectivity index (χ1) is 7.59. The molecular formula is C10H23N3O2S. The van der Waals surface area contributed by atoms with E-state index < -0.39 is 10.0 Å². The van der Waals surface area contributed by atoms with Gasteiger partial charge in [-0.1, -0.05) is 6.92 Å². The minimum Gasteiger partial charge on any atom is -0.319 e. The highest BCUT2D eigenvalue weighted by Gasteiger charge is 2.27. The minimum atomic E-state index is -3.09. The SMILES string of the molecule is CCN(CCNS(=O)(=O)CCNC)C1CC1. The van der Waals surface area contributed by atoms with Crippen molar-refractivity contribution >= 4 is 10.0 Å². The van der Waals surface area contributed by atoms with Crippen molar-refractivity contribution in [2.75, 3.05) is 39.0 Å². The van der Waals surface area contributed by atoms with Crippen LogP contribution < -0.4 is 10.0 Å². The average molecular weight is 249 g/mol. The van der Waals surface area contributed by atoms with Crippen molar-refractivity contribution in [3.63, 3.8) is 0 Å². The van der Waals surface area contributed by atoms with Crippen LogP contribution in [0.3, 0.4) is 0 Å². The largest absolute Gasteiger partial charge is 0.319 e. The van der Waals surface area contributed by atoms with Gasteiger partial charge in [-0.3, -0.25) is 4.90 Å². The van der Waals surface area contributed by atoms with Crippen molar-refractivity contribution in [1.29, 1.82) is 0 Å². The fraction of sp³-hybridized carbons (Fsp3) is 1.00. The summed E-state index contributed by atoms with van der Waals surface area (Å²) >= 11 is 0. The summed E-state index contributed by atoms with van der Waals surface area (Å²) in [5.41, 5.74) is 0. The van der Waals surface area contributed by atoms with Crippen LogP contribution in [0, 0.1) is 0 Å². The summed E-state index contributed by atoms with van der Waals surface area (Å²) in [4.78, 5) is 2.33. The summed E-state index contributed by atoms with van der Waals surface area (Å²) in [6, 6.07) is 0.701. The lowest BCUT2D eigenvalue weighted by atomic mass is 10.4. The maximum Gasteiger partial charge on any atom is 0.212 e. The molecule has 1 fully saturated rings. The van der Waals surface area contributed by atoms with Crippen molar-refractivity contribution in [3.05, 3.63) is 0 Å². The molecule has 0 aromatic carbocycles. The Kier molecular flexibility index (Phi) is 5.68. The highest BCUT2D eigenvalue weighted by atomic mass is 32.2. The van der Waals surface area contributed by atoms with E-state index in [4.69, 9.17) is 0 Å². The quantitative estimate of drug-likeness (QED) is 0.584. The van der Waals surface area contributed by atoms with Crippen LogP contribution >= 0.6 is 0 Å². The third-order valence-electron chi connectivity index (χ3n) is 2.81. The summed E-state index contributed by atoms with van der Waals surface area (Å²) in [5.74, 6) is 0.152. The van der Waals surface area contributed by atoms with E-state index in [0.717, 1.165) is 13.1 Å². The van der Waals surface area contributed by atoms with Gasteiger partial charge in [0.1, 0.15) is 0 Å². The second-order valence-electron chi connectivity index (χ2n) is 4.18. The Hall–Kier alpha value is -0.170. The number of hydrogen-bond acceptors (Lipinski definition) is 4. The van der Waals surface area contributed by atoms with E-state index in [1.54, 1.807) is 7.05 Å². The number of rotatable bonds is 9. The zero-order valence-electron chi connectivity index (χ0n) is 10.2. The van der Waals surface area contributed by atoms with Crippen LogP contribution in [-0.4, -0.2) is 58.3 Å². The molecule has 5 nitrogen and oxygen atoms in total. The Morgan fingerprint density at radius 1 is 1.31 bits per heavy atom. The second kappa shape index (κ2) is 6.54. The monoisotopic (exact) mass is 249 g/mol. The number of likely N-dealkylation sites (N-methyl/N-ethyl adjacent to an activating group) is 1. The molecule has 0 aromatic rings. The van der Waals surface area contributed by atoms with Crippen LogP contribution in [0.2, 0.25) is 0 Å². The van der Waals surface area contributed by atoms with Crippen molar-refractivity contribution in [2.45, 2.75) is 25.8 Å². The van der Waals surface area contributed by atoms with Crippen LogP contribution in [0.1, 0.15) is 19.8 Å². The average Bonchev–Trinajstić information content (AvgIpc) is 3.05. The molecule has 0 unspecified atom stereocenters. The molecule has 0 atom stereocenters. The zero-order valence-corrected chi connectivity index (χ0v) is 11.0. The summed E-state index contributed by atoms with van der Waals surface area (Å²) in [7, 11) is -1.34. The Morgan fingerprint density at radius 3 is 2.50 bits per heavy atom. The van der Waals surface area contributed by atoms with E-state index in [2.05, 4.69) is 21.9 Å². The van der Waals surface area contributed by atoms with Gasteiger partial charge in [0, 0.05) is 25.7 Å². The molecule has 1 aliphatic rings. The molecule has 0 radical (unpaired) electrons. The molecule has 0 amide bonds. The normalized spacial score (nSPS) is 16.9. The molecule has 0 bridgehead atoms. The molecule has 1 rings (SSSR count). The summed E-state index contributed by atoms with van der Waals surface area (Å²) < 4.78 is 25.6. The van der Waals surface area contributed by atoms with Gasteiger partial charge in [-0.2, -0.15) is 0 Å². The Morgan fingerprint density at radius 2 is 2.00 bits per heavy atom. The van der Waals surface area contributed by atoms with Crippen LogP contribution in [0.4, 0.5) is 0 Å². The summed E-state index contributed by atoms with van der Waals surface area (Å²) in [6.45, 7) is 4.96. The van der Waals surface area contributed by atoms with E-state index in [-0.39, 0.29) is 5.75 Å². The molecule has 1 saturated carbocycles. The molecular weight excluding hydrogens is 226 g/mol. The van der Waals surface area contributed by atoms with Crippen LogP contribution in [0.25, 0.3) is 0 Å². The first-order valence-electron chi connectivity index (χ1n) is 5.95. The van der Waals surface area contributed by atoms with Gasteiger partial charge in [-0.25, -0.2) is 13.1 Å². The molecule has 0 heterocycles. The number of hydrogen-bond donors (Lipinski definition) is 2. The standard InChI is InChI=1S/C10H23N3O2S/c1-3-13(10-4-5-10)8-6-12-16(14,15)9-7-11-2/h10-12H,3-9H2,1-2H3. The highest BCUT2D eigenvalue weighted by molar-refractivity contribution is 7.89. The molecule has 0 spiro atoms. The lowest BCUT2D eigenvalue weighted by Crippen LogP contribution is -2.38. The Balaban J connectivity index is 2.17. The molecule has 0 saturated heterocycles. The Bertz CT molecular complexity index is 288. The molecule has 16 heavy (non-hydrogen) atoms. The van der Waals surface area contributed by atoms with Gasteiger partial charge in [-0.05, 0) is 26.4 Å². The smallest absolute Gasteiger partial charge is 0.212 e. The van der Waals surface area contributed by atoms with Crippen molar-refractivity contribution in [3.8, 4) is 0 Å². The number of sulfonamides is 1. The number of nitrogens with one attached hydrogen (secondary N) is 2. The fourth-order valence-electron chi connectivity index (χ4n) is 1.69. The second-order valence-corrected chi connectivity index (χ2v) is 6.10. The van der Waals surface area contributed by atoms with Crippen LogP contribution in [0.5, 0.6) is 0 Å². The van der Waals surface area contributed by atoms with E-state index in [1.807, 2.05) is 0 Å². The van der Waals surface area contributed by atoms with Crippen molar-refractivity contribution < 1.29 is 8.42 Å². The minimum absolute atomic E-state index is 0.152. The van der Waals surface area contributed by atoms with Gasteiger partial charge >= 0.3 is 0 Å². The highest BCUT2D eigenvalue weighted by Crippen LogP contribution is 2.25. The van der Waals surface area contributed by atoms with Gasteiger partial charge in [0.15, 0.2) is 0 Å². The summed E-state index contributed by atoms with van der Waals surface area (Å²) in [6.07, 6.45) is 2.53. The zero-order chi connectivity index (χ0) is 12.0. The first kappa shape index (κ1) is 13.9. The van der Waals surface area contributed by atoms with Gasteiger partial charge in [0.2, 0.25) is 10.0 Å². The molecule has 2 N–H and O–H groups in total. The molecule has 0 aliphatic heterocycles. The van der Waals surface area contributed by atoms with Crippen molar-refractivity contribution in [2.24, 2.45) is 0 Å². The molecule has 1 aliphatic carbocycles. The number of nitrogens with zero attached hydrogens (tertiary/aromatic N) is 1. The first-order valence-corrected chi connectivity index (χ1v) is 7.60. The molecule has 96 valence electrons. The lowest BCUT2D eigenvalue weighted by Gasteiger charge is -2.19. The van der Waals surface area contributed by atoms with E-state index >= 15 is 0 Å². The maximum atomic E-state index is 11.5. The van der Waals surface area contributed by atoms with E-state index in [0.29, 0.717) is 19.1 Å². The van der Waals surface area contributed by atoms with Crippen LogP contribution in [-0.2, 0) is 10.0 Å². The topological polar surface area (TPSA) is 61.4 Å². The van der Waals surface area contributed by atoms with Gasteiger partial charge < -0.3 is 5.32 Å². The van der Waals surface area contributed by atoms with Crippen molar-refractivity contribution in [1.82, 2.24) is 14.9 Å². The van der Waals surface area contributed by atoms with E-state index in [1.165, 1.54) is 12.8 Å². The summed E-state index contributed by atoms with van der Waals surface area (Å²) in [5, 5.41) is 2.83. The Labute approximate surface area is 98.6 Å². The molecule has 6 heteroatoms.